The molecular weight excluding hydrogens is 208 g/mol. The van der Waals surface area contributed by atoms with Gasteiger partial charge in [-0.1, -0.05) is 13.8 Å². The van der Waals surface area contributed by atoms with E-state index in [1.165, 1.54) is 19.5 Å². The lowest BCUT2D eigenvalue weighted by Gasteiger charge is -2.19. The lowest BCUT2D eigenvalue weighted by atomic mass is 10.1. The van der Waals surface area contributed by atoms with E-state index < -0.39 is 6.04 Å². The van der Waals surface area contributed by atoms with E-state index in [9.17, 15) is 4.79 Å². The van der Waals surface area contributed by atoms with E-state index in [4.69, 9.17) is 5.73 Å². The maximum absolute atomic E-state index is 11.5. The number of nitrogens with one attached hydrogen (secondary N) is 1. The zero-order chi connectivity index (χ0) is 12.1. The van der Waals surface area contributed by atoms with Crippen molar-refractivity contribution < 1.29 is 9.53 Å². The maximum Gasteiger partial charge on any atom is 0.328 e. The molecule has 0 bridgehead atoms. The number of nitrogen functional groups attached to an aromatic ring is 1. The van der Waals surface area contributed by atoms with E-state index >= 15 is 0 Å². The van der Waals surface area contributed by atoms with Crippen molar-refractivity contribution in [1.29, 1.82) is 0 Å². The number of hydrogen-bond acceptors (Lipinski definition) is 6. The minimum Gasteiger partial charge on any atom is -0.467 e. The molecule has 1 aromatic heterocycles. The van der Waals surface area contributed by atoms with E-state index in [-0.39, 0.29) is 11.9 Å². The van der Waals surface area contributed by atoms with Crippen molar-refractivity contribution in [3.63, 3.8) is 0 Å². The molecule has 1 atom stereocenters. The lowest BCUT2D eigenvalue weighted by Crippen LogP contribution is -2.36. The second-order valence-corrected chi connectivity index (χ2v) is 3.73. The summed E-state index contributed by atoms with van der Waals surface area (Å²) >= 11 is 0. The van der Waals surface area contributed by atoms with Crippen LogP contribution >= 0.6 is 0 Å². The molecule has 3 N–H and O–H groups in total. The van der Waals surface area contributed by atoms with E-state index in [0.717, 1.165) is 0 Å². The highest BCUT2D eigenvalue weighted by atomic mass is 16.5. The summed E-state index contributed by atoms with van der Waals surface area (Å²) in [5.74, 6) is 0.0994. The molecule has 0 aliphatic carbocycles. The predicted molar refractivity (Wildman–Crippen MR) is 60.7 cm³/mol. The molecule has 0 amide bonds. The van der Waals surface area contributed by atoms with Gasteiger partial charge in [-0.3, -0.25) is 0 Å². The van der Waals surface area contributed by atoms with Crippen LogP contribution in [0.25, 0.3) is 0 Å². The SMILES string of the molecule is COC(=O)C(Nc1ncc(N)cn1)C(C)C. The van der Waals surface area contributed by atoms with Gasteiger partial charge in [0, 0.05) is 0 Å². The van der Waals surface area contributed by atoms with Crippen molar-refractivity contribution in [3.8, 4) is 0 Å². The summed E-state index contributed by atoms with van der Waals surface area (Å²) in [6.07, 6.45) is 2.95. The quantitative estimate of drug-likeness (QED) is 0.730. The molecule has 1 rings (SSSR count). The number of ether oxygens (including phenoxy) is 1. The van der Waals surface area contributed by atoms with Crippen molar-refractivity contribution in [2.75, 3.05) is 18.2 Å². The van der Waals surface area contributed by atoms with Crippen LogP contribution in [0.2, 0.25) is 0 Å². The van der Waals surface area contributed by atoms with E-state index in [0.29, 0.717) is 11.6 Å². The Hall–Kier alpha value is -1.85. The molecule has 0 aliphatic rings. The van der Waals surface area contributed by atoms with Crippen LogP contribution in [0, 0.1) is 5.92 Å². The monoisotopic (exact) mass is 224 g/mol. The van der Waals surface area contributed by atoms with Gasteiger partial charge in [-0.25, -0.2) is 14.8 Å². The third kappa shape index (κ3) is 3.08. The van der Waals surface area contributed by atoms with Crippen LogP contribution in [0.4, 0.5) is 11.6 Å². The normalized spacial score (nSPS) is 12.2. The Kier molecular flexibility index (Phi) is 4.04. The molecule has 88 valence electrons. The van der Waals surface area contributed by atoms with E-state index in [1.54, 1.807) is 0 Å². The van der Waals surface area contributed by atoms with Gasteiger partial charge in [0.05, 0.1) is 25.2 Å². The van der Waals surface area contributed by atoms with Crippen molar-refractivity contribution in [3.05, 3.63) is 12.4 Å². The highest BCUT2D eigenvalue weighted by molar-refractivity contribution is 5.78. The average molecular weight is 224 g/mol. The number of esters is 1. The molecule has 0 aromatic carbocycles. The largest absolute Gasteiger partial charge is 0.467 e. The minimum atomic E-state index is -0.464. The Morgan fingerprint density at radius 2 is 2.00 bits per heavy atom. The molecule has 0 radical (unpaired) electrons. The predicted octanol–water partition coefficient (Wildman–Crippen LogP) is 0.668. The van der Waals surface area contributed by atoms with Crippen LogP contribution < -0.4 is 11.1 Å². The Morgan fingerprint density at radius 3 is 2.44 bits per heavy atom. The molecule has 0 spiro atoms. The van der Waals surface area contributed by atoms with Gasteiger partial charge in [0.1, 0.15) is 6.04 Å². The molecule has 6 nitrogen and oxygen atoms in total. The topological polar surface area (TPSA) is 90.1 Å². The fraction of sp³-hybridized carbons (Fsp3) is 0.500. The third-order valence-electron chi connectivity index (χ3n) is 2.08. The number of methoxy groups -OCH3 is 1. The van der Waals surface area contributed by atoms with Crippen LogP contribution in [0.3, 0.4) is 0 Å². The van der Waals surface area contributed by atoms with Gasteiger partial charge in [0.15, 0.2) is 0 Å². The number of anilines is 2. The molecule has 0 aliphatic heterocycles. The van der Waals surface area contributed by atoms with Crippen LogP contribution in [0.5, 0.6) is 0 Å². The fourth-order valence-corrected chi connectivity index (χ4v) is 1.18. The van der Waals surface area contributed by atoms with E-state index in [2.05, 4.69) is 20.0 Å². The number of carbonyl (C=O) groups is 1. The molecular formula is C10H16N4O2. The summed E-state index contributed by atoms with van der Waals surface area (Å²) in [5, 5.41) is 2.90. The zero-order valence-electron chi connectivity index (χ0n) is 9.60. The summed E-state index contributed by atoms with van der Waals surface area (Å²) in [7, 11) is 1.35. The first-order valence-corrected chi connectivity index (χ1v) is 4.96. The van der Waals surface area contributed by atoms with Gasteiger partial charge in [-0.05, 0) is 5.92 Å². The first-order valence-electron chi connectivity index (χ1n) is 4.96. The number of hydrogen-bond donors (Lipinski definition) is 2. The lowest BCUT2D eigenvalue weighted by molar-refractivity contribution is -0.142. The van der Waals surface area contributed by atoms with Crippen molar-refractivity contribution in [2.45, 2.75) is 19.9 Å². The molecule has 0 saturated carbocycles. The van der Waals surface area contributed by atoms with Gasteiger partial charge in [-0.2, -0.15) is 0 Å². The molecule has 0 saturated heterocycles. The number of aromatic nitrogens is 2. The Labute approximate surface area is 94.2 Å². The highest BCUT2D eigenvalue weighted by Gasteiger charge is 2.23. The highest BCUT2D eigenvalue weighted by Crippen LogP contribution is 2.10. The standard InChI is InChI=1S/C10H16N4O2/c1-6(2)8(9(15)16-3)14-10-12-4-7(11)5-13-10/h4-6,8H,11H2,1-3H3,(H,12,13,14). The van der Waals surface area contributed by atoms with Gasteiger partial charge < -0.3 is 15.8 Å². The second kappa shape index (κ2) is 5.29. The molecule has 0 fully saturated rings. The Bertz CT molecular complexity index is 350. The van der Waals surface area contributed by atoms with Gasteiger partial charge >= 0.3 is 5.97 Å². The van der Waals surface area contributed by atoms with Gasteiger partial charge in [0.2, 0.25) is 5.95 Å². The smallest absolute Gasteiger partial charge is 0.328 e. The van der Waals surface area contributed by atoms with Crippen LogP contribution in [0.15, 0.2) is 12.4 Å². The minimum absolute atomic E-state index is 0.0774. The zero-order valence-corrected chi connectivity index (χ0v) is 9.60. The first kappa shape index (κ1) is 12.2. The maximum atomic E-state index is 11.5. The second-order valence-electron chi connectivity index (χ2n) is 3.73. The summed E-state index contributed by atoms with van der Waals surface area (Å²) < 4.78 is 4.69. The summed E-state index contributed by atoms with van der Waals surface area (Å²) in [6, 6.07) is -0.464. The molecule has 6 heteroatoms. The van der Waals surface area contributed by atoms with Crippen molar-refractivity contribution in [1.82, 2.24) is 9.97 Å². The van der Waals surface area contributed by atoms with Crippen molar-refractivity contribution >= 4 is 17.6 Å². The Balaban J connectivity index is 2.75. The number of carbonyl (C=O) groups excluding carboxylic acids is 1. The van der Waals surface area contributed by atoms with Gasteiger partial charge in [-0.15, -0.1) is 0 Å². The Morgan fingerprint density at radius 1 is 1.44 bits per heavy atom. The van der Waals surface area contributed by atoms with Crippen LogP contribution in [-0.4, -0.2) is 29.1 Å². The first-order chi connectivity index (χ1) is 7.54. The number of nitrogens with two attached hydrogens (primary N) is 1. The van der Waals surface area contributed by atoms with E-state index in [1.807, 2.05) is 13.8 Å². The number of rotatable bonds is 4. The van der Waals surface area contributed by atoms with Crippen LogP contribution in [-0.2, 0) is 9.53 Å². The molecule has 1 heterocycles. The third-order valence-corrected chi connectivity index (χ3v) is 2.08. The van der Waals surface area contributed by atoms with Crippen LogP contribution in [0.1, 0.15) is 13.8 Å². The summed E-state index contributed by atoms with van der Waals surface area (Å²) in [4.78, 5) is 19.4. The summed E-state index contributed by atoms with van der Waals surface area (Å²) in [6.45, 7) is 3.82. The van der Waals surface area contributed by atoms with Gasteiger partial charge in [0.25, 0.3) is 0 Å². The molecule has 1 unspecified atom stereocenters. The average Bonchev–Trinajstić information content (AvgIpc) is 2.27. The molecule has 1 aromatic rings. The molecule has 16 heavy (non-hydrogen) atoms. The summed E-state index contributed by atoms with van der Waals surface area (Å²) in [5.41, 5.74) is 5.94. The number of nitrogens with zero attached hydrogens (tertiary/aromatic N) is 2. The van der Waals surface area contributed by atoms with Crippen molar-refractivity contribution in [2.24, 2.45) is 5.92 Å². The fourth-order valence-electron chi connectivity index (χ4n) is 1.18.